The van der Waals surface area contributed by atoms with E-state index in [0.29, 0.717) is 24.4 Å². The van der Waals surface area contributed by atoms with E-state index in [4.69, 9.17) is 4.74 Å². The van der Waals surface area contributed by atoms with Gasteiger partial charge in [-0.05, 0) is 67.1 Å². The van der Waals surface area contributed by atoms with Gasteiger partial charge in [0.15, 0.2) is 0 Å². The van der Waals surface area contributed by atoms with Crippen LogP contribution in [-0.2, 0) is 6.42 Å². The van der Waals surface area contributed by atoms with E-state index in [1.165, 1.54) is 25.0 Å². The lowest BCUT2D eigenvalue weighted by Gasteiger charge is -2.08. The molecule has 0 saturated heterocycles. The summed E-state index contributed by atoms with van der Waals surface area (Å²) in [5.74, 6) is 1.43. The molecule has 1 fully saturated rings. The van der Waals surface area contributed by atoms with Gasteiger partial charge in [0.05, 0.1) is 6.61 Å². The topological polar surface area (TPSA) is 47.6 Å². The average molecular weight is 361 g/mol. The molecule has 3 rings (SSSR count). The van der Waals surface area contributed by atoms with Crippen molar-refractivity contribution in [3.8, 4) is 11.5 Å². The van der Waals surface area contributed by atoms with Crippen LogP contribution in [0.1, 0.15) is 28.8 Å². The normalized spacial score (nSPS) is 13.5. The van der Waals surface area contributed by atoms with Gasteiger partial charge in [0.2, 0.25) is 0 Å². The van der Waals surface area contributed by atoms with Gasteiger partial charge in [0.1, 0.15) is 11.5 Å². The molecule has 2 aromatic rings. The van der Waals surface area contributed by atoms with Crippen molar-refractivity contribution < 1.29 is 23.0 Å². The number of alkyl halides is 2. The minimum atomic E-state index is -2.83. The number of ether oxygens (including phenoxy) is 2. The Morgan fingerprint density at radius 2 is 1.69 bits per heavy atom. The van der Waals surface area contributed by atoms with E-state index < -0.39 is 6.61 Å². The maximum atomic E-state index is 12.1. The van der Waals surface area contributed by atoms with Gasteiger partial charge in [-0.2, -0.15) is 8.78 Å². The molecule has 138 valence electrons. The van der Waals surface area contributed by atoms with Crippen molar-refractivity contribution in [1.29, 1.82) is 0 Å². The Labute approximate surface area is 151 Å². The Bertz CT molecular complexity index is 713. The number of halogens is 2. The Morgan fingerprint density at radius 3 is 2.31 bits per heavy atom. The van der Waals surface area contributed by atoms with Crippen molar-refractivity contribution in [2.45, 2.75) is 25.9 Å². The number of amides is 1. The fourth-order valence-corrected chi connectivity index (χ4v) is 2.46. The van der Waals surface area contributed by atoms with Crippen LogP contribution < -0.4 is 14.8 Å². The molecule has 1 aliphatic rings. The maximum absolute atomic E-state index is 12.1. The molecular weight excluding hydrogens is 340 g/mol. The van der Waals surface area contributed by atoms with Gasteiger partial charge in [-0.1, -0.05) is 12.1 Å². The van der Waals surface area contributed by atoms with Crippen LogP contribution in [0.3, 0.4) is 0 Å². The monoisotopic (exact) mass is 361 g/mol. The van der Waals surface area contributed by atoms with Gasteiger partial charge in [-0.3, -0.25) is 4.79 Å². The van der Waals surface area contributed by atoms with Gasteiger partial charge in [0.25, 0.3) is 5.91 Å². The molecule has 6 heteroatoms. The Balaban J connectivity index is 1.41. The number of hydrogen-bond acceptors (Lipinski definition) is 3. The van der Waals surface area contributed by atoms with E-state index in [1.807, 2.05) is 0 Å². The summed E-state index contributed by atoms with van der Waals surface area (Å²) in [6, 6.07) is 13.5. The second-order valence-electron chi connectivity index (χ2n) is 6.31. The van der Waals surface area contributed by atoms with E-state index in [1.54, 1.807) is 36.4 Å². The van der Waals surface area contributed by atoms with E-state index in [-0.39, 0.29) is 11.7 Å². The maximum Gasteiger partial charge on any atom is 0.387 e. The summed E-state index contributed by atoms with van der Waals surface area (Å²) in [6.45, 7) is -1.63. The molecule has 1 amide bonds. The van der Waals surface area contributed by atoms with Crippen LogP contribution in [0, 0.1) is 5.92 Å². The van der Waals surface area contributed by atoms with Crippen LogP contribution in [0.15, 0.2) is 48.5 Å². The van der Waals surface area contributed by atoms with Crippen LogP contribution >= 0.6 is 0 Å². The Morgan fingerprint density at radius 1 is 1.04 bits per heavy atom. The predicted octanol–water partition coefficient (Wildman–Crippen LogP) is 4.05. The molecule has 0 unspecified atom stereocenters. The standard InChI is InChI=1S/C20H21F2NO3/c21-20(22)26-18-7-3-14(4-8-18)11-12-23-19(24)16-5-9-17(10-6-16)25-13-15-1-2-15/h3-10,15,20H,1-2,11-13H2,(H,23,24). The number of hydrogen-bond donors (Lipinski definition) is 1. The summed E-state index contributed by atoms with van der Waals surface area (Å²) in [5.41, 5.74) is 1.50. The lowest BCUT2D eigenvalue weighted by atomic mass is 10.1. The fourth-order valence-electron chi connectivity index (χ4n) is 2.46. The smallest absolute Gasteiger partial charge is 0.387 e. The highest BCUT2D eigenvalue weighted by atomic mass is 19.3. The third kappa shape index (κ3) is 5.72. The molecule has 4 nitrogen and oxygen atoms in total. The van der Waals surface area contributed by atoms with Crippen LogP contribution in [0.2, 0.25) is 0 Å². The van der Waals surface area contributed by atoms with Crippen LogP contribution in [0.5, 0.6) is 11.5 Å². The van der Waals surface area contributed by atoms with E-state index in [0.717, 1.165) is 17.9 Å². The summed E-state index contributed by atoms with van der Waals surface area (Å²) in [7, 11) is 0. The molecule has 0 bridgehead atoms. The third-order valence-electron chi connectivity index (χ3n) is 4.15. The molecule has 26 heavy (non-hydrogen) atoms. The molecule has 0 heterocycles. The first kappa shape index (κ1) is 18.2. The first-order valence-corrected chi connectivity index (χ1v) is 8.65. The quantitative estimate of drug-likeness (QED) is 0.733. The molecule has 0 spiro atoms. The summed E-state index contributed by atoms with van der Waals surface area (Å²) < 4.78 is 34.2. The van der Waals surface area contributed by atoms with Crippen molar-refractivity contribution in [2.24, 2.45) is 5.92 Å². The summed E-state index contributed by atoms with van der Waals surface area (Å²) in [4.78, 5) is 12.1. The number of carbonyl (C=O) groups is 1. The van der Waals surface area contributed by atoms with Gasteiger partial charge >= 0.3 is 6.61 Å². The molecule has 2 aromatic carbocycles. The summed E-state index contributed by atoms with van der Waals surface area (Å²) in [5, 5.41) is 2.84. The van der Waals surface area contributed by atoms with Crippen LogP contribution in [-0.4, -0.2) is 25.7 Å². The van der Waals surface area contributed by atoms with Gasteiger partial charge < -0.3 is 14.8 Å². The van der Waals surface area contributed by atoms with Crippen molar-refractivity contribution in [3.05, 3.63) is 59.7 Å². The number of nitrogens with one attached hydrogen (secondary N) is 1. The zero-order chi connectivity index (χ0) is 18.4. The molecule has 0 atom stereocenters. The Hall–Kier alpha value is -2.63. The molecule has 1 aliphatic carbocycles. The first-order chi connectivity index (χ1) is 12.6. The van der Waals surface area contributed by atoms with Crippen molar-refractivity contribution in [2.75, 3.05) is 13.2 Å². The molecule has 1 N–H and O–H groups in total. The van der Waals surface area contributed by atoms with E-state index >= 15 is 0 Å². The lowest BCUT2D eigenvalue weighted by Crippen LogP contribution is -2.25. The molecule has 0 aliphatic heterocycles. The van der Waals surface area contributed by atoms with Crippen molar-refractivity contribution >= 4 is 5.91 Å². The van der Waals surface area contributed by atoms with E-state index in [2.05, 4.69) is 10.1 Å². The molecular formula is C20H21F2NO3. The lowest BCUT2D eigenvalue weighted by molar-refractivity contribution is -0.0498. The second kappa shape index (κ2) is 8.65. The van der Waals surface area contributed by atoms with Gasteiger partial charge in [-0.15, -0.1) is 0 Å². The highest BCUT2D eigenvalue weighted by Gasteiger charge is 2.21. The zero-order valence-electron chi connectivity index (χ0n) is 14.3. The van der Waals surface area contributed by atoms with Gasteiger partial charge in [0, 0.05) is 12.1 Å². The minimum absolute atomic E-state index is 0.122. The highest BCUT2D eigenvalue weighted by Crippen LogP contribution is 2.29. The van der Waals surface area contributed by atoms with E-state index in [9.17, 15) is 13.6 Å². The SMILES string of the molecule is O=C(NCCc1ccc(OC(F)F)cc1)c1ccc(OCC2CC2)cc1. The zero-order valence-corrected chi connectivity index (χ0v) is 14.3. The van der Waals surface area contributed by atoms with Crippen molar-refractivity contribution in [3.63, 3.8) is 0 Å². The number of carbonyl (C=O) groups excluding carboxylic acids is 1. The summed E-state index contributed by atoms with van der Waals surface area (Å²) >= 11 is 0. The van der Waals surface area contributed by atoms with Crippen LogP contribution in [0.25, 0.3) is 0 Å². The highest BCUT2D eigenvalue weighted by molar-refractivity contribution is 5.94. The molecule has 1 saturated carbocycles. The number of benzene rings is 2. The Kier molecular flexibility index (Phi) is 6.04. The van der Waals surface area contributed by atoms with Crippen molar-refractivity contribution in [1.82, 2.24) is 5.32 Å². The number of rotatable bonds is 9. The average Bonchev–Trinajstić information content (AvgIpc) is 3.46. The van der Waals surface area contributed by atoms with Crippen LogP contribution in [0.4, 0.5) is 8.78 Å². The predicted molar refractivity (Wildman–Crippen MR) is 93.8 cm³/mol. The molecule has 0 radical (unpaired) electrons. The first-order valence-electron chi connectivity index (χ1n) is 8.65. The second-order valence-corrected chi connectivity index (χ2v) is 6.31. The van der Waals surface area contributed by atoms with Gasteiger partial charge in [-0.25, -0.2) is 0 Å². The molecule has 0 aromatic heterocycles. The minimum Gasteiger partial charge on any atom is -0.493 e. The fraction of sp³-hybridized carbons (Fsp3) is 0.350. The summed E-state index contributed by atoms with van der Waals surface area (Å²) in [6.07, 6.45) is 3.08. The third-order valence-corrected chi connectivity index (χ3v) is 4.15. The largest absolute Gasteiger partial charge is 0.493 e.